The van der Waals surface area contributed by atoms with Gasteiger partial charge in [-0.15, -0.1) is 0 Å². The van der Waals surface area contributed by atoms with E-state index in [2.05, 4.69) is 6.92 Å². The lowest BCUT2D eigenvalue weighted by atomic mass is 10.00. The summed E-state index contributed by atoms with van der Waals surface area (Å²) in [6.07, 6.45) is 4.87. The van der Waals surface area contributed by atoms with Gasteiger partial charge in [-0.2, -0.15) is 0 Å². The van der Waals surface area contributed by atoms with E-state index in [1.165, 1.54) is 25.7 Å². The molecule has 2 unspecified atom stereocenters. The van der Waals surface area contributed by atoms with Crippen molar-refractivity contribution in [3.05, 3.63) is 0 Å². The van der Waals surface area contributed by atoms with E-state index in [9.17, 15) is 4.79 Å². The molecule has 0 heterocycles. The summed E-state index contributed by atoms with van der Waals surface area (Å²) >= 11 is 0. The van der Waals surface area contributed by atoms with Crippen molar-refractivity contribution in [1.82, 2.24) is 4.90 Å². The Kier molecular flexibility index (Phi) is 3.72. The molecular formula is C10H19NO2. The number of carbonyl (C=O) groups is 1. The molecule has 1 N–H and O–H groups in total. The van der Waals surface area contributed by atoms with Crippen LogP contribution in [0.5, 0.6) is 0 Å². The zero-order valence-corrected chi connectivity index (χ0v) is 8.49. The third kappa shape index (κ3) is 2.69. The van der Waals surface area contributed by atoms with Gasteiger partial charge in [0, 0.05) is 6.04 Å². The summed E-state index contributed by atoms with van der Waals surface area (Å²) < 4.78 is 0. The van der Waals surface area contributed by atoms with Gasteiger partial charge in [0.25, 0.3) is 0 Å². The smallest absolute Gasteiger partial charge is 0.317 e. The normalized spacial score (nSPS) is 28.2. The summed E-state index contributed by atoms with van der Waals surface area (Å²) in [4.78, 5) is 12.5. The number of nitrogens with zero attached hydrogens (tertiary/aromatic N) is 1. The molecule has 1 saturated carbocycles. The summed E-state index contributed by atoms with van der Waals surface area (Å²) in [5.41, 5.74) is 0. The molecule has 0 bridgehead atoms. The highest BCUT2D eigenvalue weighted by molar-refractivity contribution is 5.69. The minimum Gasteiger partial charge on any atom is -0.480 e. The molecule has 0 spiro atoms. The zero-order chi connectivity index (χ0) is 9.84. The maximum absolute atomic E-state index is 10.5. The van der Waals surface area contributed by atoms with Crippen LogP contribution in [-0.4, -0.2) is 35.6 Å². The largest absolute Gasteiger partial charge is 0.480 e. The van der Waals surface area contributed by atoms with E-state index in [1.807, 2.05) is 11.9 Å². The van der Waals surface area contributed by atoms with Gasteiger partial charge in [-0.05, 0) is 25.8 Å². The molecule has 0 amide bonds. The van der Waals surface area contributed by atoms with Crippen LogP contribution in [0.1, 0.15) is 32.6 Å². The monoisotopic (exact) mass is 185 g/mol. The third-order valence-electron chi connectivity index (χ3n) is 3.09. The minimum absolute atomic E-state index is 0.182. The second-order valence-corrected chi connectivity index (χ2v) is 3.98. The van der Waals surface area contributed by atoms with E-state index in [-0.39, 0.29) is 6.54 Å². The summed E-state index contributed by atoms with van der Waals surface area (Å²) in [5.74, 6) is -0.00592. The van der Waals surface area contributed by atoms with Crippen molar-refractivity contribution in [1.29, 1.82) is 0 Å². The van der Waals surface area contributed by atoms with Crippen molar-refractivity contribution in [2.75, 3.05) is 13.6 Å². The molecule has 1 rings (SSSR count). The molecule has 1 fully saturated rings. The first-order valence-corrected chi connectivity index (χ1v) is 5.07. The molecule has 0 aromatic rings. The lowest BCUT2D eigenvalue weighted by Crippen LogP contribution is -2.37. The molecule has 0 radical (unpaired) electrons. The molecular weight excluding hydrogens is 166 g/mol. The topological polar surface area (TPSA) is 40.5 Å². The summed E-state index contributed by atoms with van der Waals surface area (Å²) in [6.45, 7) is 2.37. The highest BCUT2D eigenvalue weighted by atomic mass is 16.4. The van der Waals surface area contributed by atoms with Gasteiger partial charge in [0.05, 0.1) is 6.54 Å². The predicted molar refractivity (Wildman–Crippen MR) is 51.7 cm³/mol. The van der Waals surface area contributed by atoms with E-state index in [4.69, 9.17) is 5.11 Å². The van der Waals surface area contributed by atoms with E-state index in [1.54, 1.807) is 0 Å². The zero-order valence-electron chi connectivity index (χ0n) is 8.49. The lowest BCUT2D eigenvalue weighted by Gasteiger charge is -2.27. The van der Waals surface area contributed by atoms with Crippen LogP contribution in [0.25, 0.3) is 0 Å². The molecule has 3 nitrogen and oxygen atoms in total. The summed E-state index contributed by atoms with van der Waals surface area (Å²) in [6, 6.07) is 0.501. The average Bonchev–Trinajstić information content (AvgIpc) is 2.49. The molecule has 1 aliphatic carbocycles. The Morgan fingerprint density at radius 3 is 2.77 bits per heavy atom. The molecule has 0 aromatic carbocycles. The minimum atomic E-state index is -0.718. The van der Waals surface area contributed by atoms with E-state index in [0.717, 1.165) is 0 Å². The van der Waals surface area contributed by atoms with Crippen LogP contribution in [0.2, 0.25) is 0 Å². The number of aliphatic carboxylic acids is 1. The van der Waals surface area contributed by atoms with Crippen LogP contribution in [-0.2, 0) is 4.79 Å². The molecule has 0 aromatic heterocycles. The van der Waals surface area contributed by atoms with Crippen molar-refractivity contribution >= 4 is 5.97 Å². The van der Waals surface area contributed by atoms with E-state index in [0.29, 0.717) is 12.0 Å². The molecule has 13 heavy (non-hydrogen) atoms. The van der Waals surface area contributed by atoms with Crippen LogP contribution >= 0.6 is 0 Å². The first-order valence-electron chi connectivity index (χ1n) is 5.07. The highest BCUT2D eigenvalue weighted by Crippen LogP contribution is 2.31. The Morgan fingerprint density at radius 1 is 1.54 bits per heavy atom. The van der Waals surface area contributed by atoms with Crippen LogP contribution < -0.4 is 0 Å². The Balaban J connectivity index is 2.44. The van der Waals surface area contributed by atoms with Gasteiger partial charge >= 0.3 is 5.97 Å². The van der Waals surface area contributed by atoms with Crippen LogP contribution in [0.3, 0.4) is 0 Å². The standard InChI is InChI=1S/C10H19NO2/c1-3-8-5-4-6-9(8)11(2)7-10(12)13/h8-9H,3-7H2,1-2H3,(H,12,13). The average molecular weight is 185 g/mol. The van der Waals surface area contributed by atoms with Gasteiger partial charge in [-0.3, -0.25) is 9.69 Å². The Labute approximate surface area is 79.7 Å². The van der Waals surface area contributed by atoms with E-state index >= 15 is 0 Å². The summed E-state index contributed by atoms with van der Waals surface area (Å²) in [5, 5.41) is 8.66. The maximum Gasteiger partial charge on any atom is 0.317 e. The van der Waals surface area contributed by atoms with Crippen molar-refractivity contribution in [2.45, 2.75) is 38.6 Å². The van der Waals surface area contributed by atoms with Crippen molar-refractivity contribution in [3.63, 3.8) is 0 Å². The first-order chi connectivity index (χ1) is 6.15. The van der Waals surface area contributed by atoms with Gasteiger partial charge in [0.2, 0.25) is 0 Å². The maximum atomic E-state index is 10.5. The molecule has 0 saturated heterocycles. The lowest BCUT2D eigenvalue weighted by molar-refractivity contribution is -0.138. The Morgan fingerprint density at radius 2 is 2.23 bits per heavy atom. The number of hydrogen-bond acceptors (Lipinski definition) is 2. The SMILES string of the molecule is CCC1CCCC1N(C)CC(=O)O. The van der Waals surface area contributed by atoms with Crippen LogP contribution in [0.4, 0.5) is 0 Å². The second kappa shape index (κ2) is 4.61. The number of likely N-dealkylation sites (N-methyl/N-ethyl adjacent to an activating group) is 1. The number of rotatable bonds is 4. The molecule has 0 aliphatic heterocycles. The quantitative estimate of drug-likeness (QED) is 0.723. The van der Waals surface area contributed by atoms with Gasteiger partial charge in [0.1, 0.15) is 0 Å². The van der Waals surface area contributed by atoms with Gasteiger partial charge in [-0.25, -0.2) is 0 Å². The first kappa shape index (κ1) is 10.5. The highest BCUT2D eigenvalue weighted by Gasteiger charge is 2.29. The Bertz CT molecular complexity index is 182. The van der Waals surface area contributed by atoms with Crippen LogP contribution in [0, 0.1) is 5.92 Å². The predicted octanol–water partition coefficient (Wildman–Crippen LogP) is 1.58. The fourth-order valence-electron chi connectivity index (χ4n) is 2.40. The molecule has 76 valence electrons. The number of carboxylic acids is 1. The van der Waals surface area contributed by atoms with Crippen molar-refractivity contribution in [3.8, 4) is 0 Å². The van der Waals surface area contributed by atoms with Gasteiger partial charge in [0.15, 0.2) is 0 Å². The molecule has 2 atom stereocenters. The third-order valence-corrected chi connectivity index (χ3v) is 3.09. The number of hydrogen-bond donors (Lipinski definition) is 1. The Hall–Kier alpha value is -0.570. The molecule has 1 aliphatic rings. The molecule has 3 heteroatoms. The van der Waals surface area contributed by atoms with Crippen molar-refractivity contribution < 1.29 is 9.90 Å². The van der Waals surface area contributed by atoms with Crippen LogP contribution in [0.15, 0.2) is 0 Å². The fourth-order valence-corrected chi connectivity index (χ4v) is 2.40. The fraction of sp³-hybridized carbons (Fsp3) is 0.900. The summed E-state index contributed by atoms with van der Waals surface area (Å²) in [7, 11) is 1.92. The second-order valence-electron chi connectivity index (χ2n) is 3.98. The van der Waals surface area contributed by atoms with Crippen molar-refractivity contribution in [2.24, 2.45) is 5.92 Å². The number of carboxylic acid groups (broad SMARTS) is 1. The van der Waals surface area contributed by atoms with Gasteiger partial charge < -0.3 is 5.11 Å². The van der Waals surface area contributed by atoms with Gasteiger partial charge in [-0.1, -0.05) is 19.8 Å². The van der Waals surface area contributed by atoms with E-state index < -0.39 is 5.97 Å².